The molecule has 1 fully saturated rings. The van der Waals surface area contributed by atoms with Crippen molar-refractivity contribution in [2.24, 2.45) is 7.05 Å². The predicted octanol–water partition coefficient (Wildman–Crippen LogP) is 0.684. The Hall–Kier alpha value is -1.07. The Morgan fingerprint density at radius 2 is 1.71 bits per heavy atom. The zero-order valence-electron chi connectivity index (χ0n) is 11.0. The Morgan fingerprint density at radius 1 is 1.18 bits per heavy atom. The molecule has 2 heterocycles. The van der Waals surface area contributed by atoms with Gasteiger partial charge >= 0.3 is 7.12 Å². The summed E-state index contributed by atoms with van der Waals surface area (Å²) in [6.07, 6.45) is 1.72. The Bertz CT molecular complexity index is 477. The van der Waals surface area contributed by atoms with Gasteiger partial charge in [0.1, 0.15) is 0 Å². The fourth-order valence-corrected chi connectivity index (χ4v) is 1.77. The summed E-state index contributed by atoms with van der Waals surface area (Å²) in [6.45, 7) is 7.89. The Morgan fingerprint density at radius 3 is 2.24 bits per heavy atom. The molecule has 92 valence electrons. The van der Waals surface area contributed by atoms with E-state index in [1.807, 2.05) is 33.8 Å². The molecule has 0 bridgehead atoms. The highest BCUT2D eigenvalue weighted by Crippen LogP contribution is 2.36. The molecule has 0 amide bonds. The zero-order chi connectivity index (χ0) is 12.8. The van der Waals surface area contributed by atoms with E-state index in [0.29, 0.717) is 5.46 Å². The minimum absolute atomic E-state index is 0.0778. The first-order valence-electron chi connectivity index (χ1n) is 5.76. The van der Waals surface area contributed by atoms with Gasteiger partial charge in [0.2, 0.25) is 5.56 Å². The highest BCUT2D eigenvalue weighted by molar-refractivity contribution is 6.61. The van der Waals surface area contributed by atoms with Crippen LogP contribution in [0.15, 0.2) is 23.1 Å². The molecule has 0 aromatic carbocycles. The first-order chi connectivity index (χ1) is 7.74. The van der Waals surface area contributed by atoms with Gasteiger partial charge in [0.25, 0.3) is 0 Å². The molecule has 4 nitrogen and oxygen atoms in total. The van der Waals surface area contributed by atoms with Crippen LogP contribution < -0.4 is 11.0 Å². The maximum Gasteiger partial charge on any atom is 0.500 e. The molecule has 0 unspecified atom stereocenters. The van der Waals surface area contributed by atoms with E-state index >= 15 is 0 Å². The summed E-state index contributed by atoms with van der Waals surface area (Å²) >= 11 is 0. The highest BCUT2D eigenvalue weighted by atomic mass is 16.7. The Labute approximate surface area is 102 Å². The van der Waals surface area contributed by atoms with Crippen molar-refractivity contribution in [3.63, 3.8) is 0 Å². The molecule has 0 N–H and O–H groups in total. The molecule has 5 heteroatoms. The number of pyridine rings is 1. The van der Waals surface area contributed by atoms with E-state index in [9.17, 15) is 4.79 Å². The van der Waals surface area contributed by atoms with Crippen molar-refractivity contribution >= 4 is 12.6 Å². The van der Waals surface area contributed by atoms with Crippen molar-refractivity contribution in [3.8, 4) is 0 Å². The van der Waals surface area contributed by atoms with Gasteiger partial charge in [0.15, 0.2) is 0 Å². The van der Waals surface area contributed by atoms with Gasteiger partial charge in [-0.25, -0.2) is 0 Å². The van der Waals surface area contributed by atoms with Crippen LogP contribution in [0.2, 0.25) is 0 Å². The number of aromatic nitrogens is 1. The summed E-state index contributed by atoms with van der Waals surface area (Å²) in [4.78, 5) is 12.0. The molecule has 0 aliphatic carbocycles. The van der Waals surface area contributed by atoms with Crippen molar-refractivity contribution < 1.29 is 9.31 Å². The summed E-state index contributed by atoms with van der Waals surface area (Å²) in [6, 6.07) is 3.58. The average Bonchev–Trinajstić information content (AvgIpc) is 2.40. The van der Waals surface area contributed by atoms with Gasteiger partial charge in [-0.05, 0) is 33.8 Å². The molecule has 1 aliphatic rings. The number of hydrogen-bond acceptors (Lipinski definition) is 3. The summed E-state index contributed by atoms with van der Waals surface area (Å²) in [5.41, 5.74) is -0.364. The number of rotatable bonds is 1. The topological polar surface area (TPSA) is 40.5 Å². The monoisotopic (exact) mass is 235 g/mol. The van der Waals surface area contributed by atoms with E-state index in [4.69, 9.17) is 9.31 Å². The van der Waals surface area contributed by atoms with Gasteiger partial charge in [-0.15, -0.1) is 0 Å². The van der Waals surface area contributed by atoms with Gasteiger partial charge in [0.05, 0.1) is 11.2 Å². The third kappa shape index (κ3) is 1.94. The number of aryl methyl sites for hydroxylation is 1. The maximum absolute atomic E-state index is 12.0. The average molecular weight is 235 g/mol. The molecule has 0 saturated carbocycles. The SMILES string of the molecule is Cn1cccc(B2OC(C)(C)C(C)(C)O2)c1=O. The van der Waals surface area contributed by atoms with Gasteiger partial charge < -0.3 is 13.9 Å². The van der Waals surface area contributed by atoms with Gasteiger partial charge in [-0.3, -0.25) is 4.79 Å². The largest absolute Gasteiger partial charge is 0.500 e. The van der Waals surface area contributed by atoms with Crippen molar-refractivity contribution in [2.75, 3.05) is 0 Å². The van der Waals surface area contributed by atoms with Crippen LogP contribution in [0, 0.1) is 0 Å². The van der Waals surface area contributed by atoms with Crippen molar-refractivity contribution in [1.29, 1.82) is 0 Å². The minimum Gasteiger partial charge on any atom is -0.399 e. The van der Waals surface area contributed by atoms with E-state index in [0.717, 1.165) is 0 Å². The normalized spacial score (nSPS) is 21.8. The Balaban J connectivity index is 2.39. The second kappa shape index (κ2) is 3.72. The van der Waals surface area contributed by atoms with Gasteiger partial charge in [-0.1, -0.05) is 6.07 Å². The van der Waals surface area contributed by atoms with E-state index in [2.05, 4.69) is 0 Å². The van der Waals surface area contributed by atoms with Crippen LogP contribution in [-0.2, 0) is 16.4 Å². The lowest BCUT2D eigenvalue weighted by Gasteiger charge is -2.32. The van der Waals surface area contributed by atoms with Crippen LogP contribution in [-0.4, -0.2) is 22.9 Å². The van der Waals surface area contributed by atoms with E-state index in [1.165, 1.54) is 4.57 Å². The third-order valence-corrected chi connectivity index (χ3v) is 3.66. The second-order valence-corrected chi connectivity index (χ2v) is 5.47. The van der Waals surface area contributed by atoms with Crippen LogP contribution in [0.5, 0.6) is 0 Å². The molecular formula is C12H18BNO3. The molecule has 17 heavy (non-hydrogen) atoms. The molecule has 1 saturated heterocycles. The van der Waals surface area contributed by atoms with Crippen LogP contribution >= 0.6 is 0 Å². The number of nitrogens with zero attached hydrogens (tertiary/aromatic N) is 1. The van der Waals surface area contributed by atoms with E-state index in [-0.39, 0.29) is 5.56 Å². The molecule has 0 spiro atoms. The summed E-state index contributed by atoms with van der Waals surface area (Å²) in [7, 11) is 1.14. The van der Waals surface area contributed by atoms with Crippen LogP contribution in [0.25, 0.3) is 0 Å². The molecule has 1 aromatic rings. The van der Waals surface area contributed by atoms with E-state index in [1.54, 1.807) is 19.3 Å². The molecule has 2 rings (SSSR count). The maximum atomic E-state index is 12.0. The second-order valence-electron chi connectivity index (χ2n) is 5.47. The first kappa shape index (κ1) is 12.4. The zero-order valence-corrected chi connectivity index (χ0v) is 11.0. The summed E-state index contributed by atoms with van der Waals surface area (Å²) in [5.74, 6) is 0. The molecule has 0 radical (unpaired) electrons. The Kier molecular flexibility index (Phi) is 2.71. The fourth-order valence-electron chi connectivity index (χ4n) is 1.77. The van der Waals surface area contributed by atoms with Crippen LogP contribution in [0.4, 0.5) is 0 Å². The molecule has 1 aliphatic heterocycles. The minimum atomic E-state index is -0.583. The van der Waals surface area contributed by atoms with Crippen molar-refractivity contribution in [3.05, 3.63) is 28.7 Å². The highest BCUT2D eigenvalue weighted by Gasteiger charge is 2.52. The van der Waals surface area contributed by atoms with E-state index < -0.39 is 18.3 Å². The standard InChI is InChI=1S/C12H18BNO3/c1-11(2)12(3,4)17-13(16-11)9-7-6-8-14(5)10(9)15/h6-8H,1-5H3. The third-order valence-electron chi connectivity index (χ3n) is 3.66. The van der Waals surface area contributed by atoms with Crippen molar-refractivity contribution in [1.82, 2.24) is 4.57 Å². The lowest BCUT2D eigenvalue weighted by Crippen LogP contribution is -2.46. The number of hydrogen-bond donors (Lipinski definition) is 0. The predicted molar refractivity (Wildman–Crippen MR) is 67.4 cm³/mol. The van der Waals surface area contributed by atoms with Gasteiger partial charge in [-0.2, -0.15) is 0 Å². The molecule has 0 atom stereocenters. The lowest BCUT2D eigenvalue weighted by atomic mass is 9.80. The van der Waals surface area contributed by atoms with Gasteiger partial charge in [0, 0.05) is 18.7 Å². The summed E-state index contributed by atoms with van der Waals surface area (Å²) in [5, 5.41) is 0. The van der Waals surface area contributed by atoms with Crippen molar-refractivity contribution in [2.45, 2.75) is 38.9 Å². The smallest absolute Gasteiger partial charge is 0.399 e. The molecular weight excluding hydrogens is 217 g/mol. The lowest BCUT2D eigenvalue weighted by molar-refractivity contribution is 0.00578. The quantitative estimate of drug-likeness (QED) is 0.672. The van der Waals surface area contributed by atoms with Crippen LogP contribution in [0.1, 0.15) is 27.7 Å². The summed E-state index contributed by atoms with van der Waals surface area (Å²) < 4.78 is 13.2. The first-order valence-corrected chi connectivity index (χ1v) is 5.76. The molecule has 1 aromatic heterocycles. The van der Waals surface area contributed by atoms with Crippen LogP contribution in [0.3, 0.4) is 0 Å². The fraction of sp³-hybridized carbons (Fsp3) is 0.583.